The van der Waals surface area contributed by atoms with Crippen molar-refractivity contribution >= 4 is 38.7 Å². The minimum absolute atomic E-state index is 0.0584. The molecule has 0 aliphatic heterocycles. The summed E-state index contributed by atoms with van der Waals surface area (Å²) in [6.07, 6.45) is 8.33. The molecule has 1 radical (unpaired) electrons. The molecule has 2 aromatic heterocycles. The summed E-state index contributed by atoms with van der Waals surface area (Å²) < 4.78 is 10.8. The molecule has 2 aromatic rings. The van der Waals surface area contributed by atoms with Gasteiger partial charge in [-0.1, -0.05) is 0 Å². The number of rotatable bonds is 2. The first-order valence-corrected chi connectivity index (χ1v) is 8.68. The van der Waals surface area contributed by atoms with Gasteiger partial charge in [-0.05, 0) is 0 Å². The third kappa shape index (κ3) is 3.48. The first-order valence-electron chi connectivity index (χ1n) is 6.97. The zero-order valence-corrected chi connectivity index (χ0v) is 16.9. The Morgan fingerprint density at radius 2 is 1.05 bits per heavy atom. The van der Waals surface area contributed by atoms with Crippen LogP contribution in [0.1, 0.15) is 41.5 Å². The van der Waals surface area contributed by atoms with E-state index < -0.39 is 0 Å². The van der Waals surface area contributed by atoms with Gasteiger partial charge in [0.05, 0.1) is 0 Å². The second kappa shape index (κ2) is 5.62. The van der Waals surface area contributed by atoms with Crippen molar-refractivity contribution in [1.82, 2.24) is 18.1 Å². The van der Waals surface area contributed by atoms with Gasteiger partial charge in [0.15, 0.2) is 0 Å². The van der Waals surface area contributed by atoms with E-state index in [0.717, 1.165) is 8.65 Å². The molecule has 0 saturated carbocycles. The van der Waals surface area contributed by atoms with E-state index >= 15 is 0 Å². The van der Waals surface area contributed by atoms with Crippen LogP contribution in [-0.2, 0) is 11.1 Å². The first-order chi connectivity index (χ1) is 9.51. The second-order valence-corrected chi connectivity index (χ2v) is 8.71. The summed E-state index contributed by atoms with van der Waals surface area (Å²) in [6.45, 7) is 13.2. The monoisotopic (exact) mass is 417 g/mol. The molecular formula is C14H22BN4Se2. The molecule has 0 fully saturated rings. The van der Waals surface area contributed by atoms with E-state index in [4.69, 9.17) is 0 Å². The van der Waals surface area contributed by atoms with Gasteiger partial charge in [0.25, 0.3) is 0 Å². The molecule has 2 heterocycles. The fourth-order valence-corrected chi connectivity index (χ4v) is 3.97. The molecule has 0 saturated heterocycles. The normalized spacial score (nSPS) is 12.7. The number of hydrogen-bond acceptors (Lipinski definition) is 0. The molecule has 0 spiro atoms. The average Bonchev–Trinajstić information content (AvgIpc) is 2.83. The van der Waals surface area contributed by atoms with Gasteiger partial charge in [-0.2, -0.15) is 0 Å². The number of imidazole rings is 2. The van der Waals surface area contributed by atoms with Crippen molar-refractivity contribution in [3.63, 3.8) is 0 Å². The van der Waals surface area contributed by atoms with Crippen LogP contribution in [0.4, 0.5) is 0 Å². The van der Waals surface area contributed by atoms with E-state index in [-0.39, 0.29) is 11.1 Å². The van der Waals surface area contributed by atoms with Crippen molar-refractivity contribution in [2.24, 2.45) is 0 Å². The van der Waals surface area contributed by atoms with E-state index in [9.17, 15) is 0 Å². The Balaban J connectivity index is 2.37. The van der Waals surface area contributed by atoms with E-state index in [1.165, 1.54) is 0 Å². The van der Waals surface area contributed by atoms with Crippen LogP contribution in [0, 0.1) is 8.65 Å². The Kier molecular flexibility index (Phi) is 4.52. The van der Waals surface area contributed by atoms with Gasteiger partial charge >= 0.3 is 143 Å². The maximum absolute atomic E-state index is 3.17. The summed E-state index contributed by atoms with van der Waals surface area (Å²) in [5.74, 6) is 0. The number of hydrogen-bond donors (Lipinski definition) is 0. The van der Waals surface area contributed by atoms with E-state index in [1.807, 2.05) is 0 Å². The van der Waals surface area contributed by atoms with Crippen LogP contribution >= 0.6 is 0 Å². The van der Waals surface area contributed by atoms with Gasteiger partial charge in [-0.25, -0.2) is 0 Å². The SMILES string of the molecule is CC(C)(C)n1ccn([B]n2ccn(C(C)(C)C)c2=[Se])c1=[Se]. The molecule has 0 atom stereocenters. The van der Waals surface area contributed by atoms with E-state index in [2.05, 4.69) is 123 Å². The standard InChI is InChI=1S/C14H22BN4Se2/c1-13(2,3)16-7-9-18(11(16)20)15-19-10-8-17(12(19)21)14(4,5)6/h7-10H,1-6H3. The Morgan fingerprint density at radius 3 is 1.29 bits per heavy atom. The molecule has 0 aliphatic carbocycles. The third-order valence-corrected chi connectivity index (χ3v) is 5.01. The van der Waals surface area contributed by atoms with Gasteiger partial charge in [-0.15, -0.1) is 0 Å². The summed E-state index contributed by atoms with van der Waals surface area (Å²) in [7, 11) is 2.07. The molecule has 0 unspecified atom stereocenters. The molecule has 7 heteroatoms. The van der Waals surface area contributed by atoms with Crippen molar-refractivity contribution in [3.05, 3.63) is 33.4 Å². The summed E-state index contributed by atoms with van der Waals surface area (Å²) >= 11 is 6.33. The Hall–Kier alpha value is -0.476. The van der Waals surface area contributed by atoms with Crippen LogP contribution in [0.15, 0.2) is 24.8 Å². The van der Waals surface area contributed by atoms with Crippen molar-refractivity contribution in [2.75, 3.05) is 0 Å². The zero-order chi connectivity index (χ0) is 16.0. The molecule has 0 amide bonds. The Morgan fingerprint density at radius 1 is 0.714 bits per heavy atom. The molecule has 21 heavy (non-hydrogen) atoms. The van der Waals surface area contributed by atoms with E-state index in [1.54, 1.807) is 0 Å². The summed E-state index contributed by atoms with van der Waals surface area (Å²) in [6, 6.07) is 0. The van der Waals surface area contributed by atoms with Crippen LogP contribution in [0.25, 0.3) is 0 Å². The van der Waals surface area contributed by atoms with Crippen LogP contribution in [0.3, 0.4) is 0 Å². The van der Waals surface area contributed by atoms with Crippen molar-refractivity contribution < 1.29 is 0 Å². The maximum atomic E-state index is 3.17. The van der Waals surface area contributed by atoms with Gasteiger partial charge < -0.3 is 0 Å². The molecule has 4 nitrogen and oxygen atoms in total. The van der Waals surface area contributed by atoms with Crippen LogP contribution < -0.4 is 0 Å². The predicted octanol–water partition coefficient (Wildman–Crippen LogP) is 1.73. The molecule has 0 N–H and O–H groups in total. The average molecular weight is 415 g/mol. The predicted molar refractivity (Wildman–Crippen MR) is 89.4 cm³/mol. The minimum atomic E-state index is 0.0584. The molecular weight excluding hydrogens is 393 g/mol. The van der Waals surface area contributed by atoms with Gasteiger partial charge in [0.2, 0.25) is 0 Å². The van der Waals surface area contributed by atoms with Crippen molar-refractivity contribution in [3.8, 4) is 0 Å². The number of aromatic nitrogens is 4. The molecule has 0 bridgehead atoms. The Labute approximate surface area is 142 Å². The van der Waals surface area contributed by atoms with Crippen molar-refractivity contribution in [1.29, 1.82) is 0 Å². The summed E-state index contributed by atoms with van der Waals surface area (Å²) in [5.41, 5.74) is 0.117. The van der Waals surface area contributed by atoms with Crippen LogP contribution in [-0.4, -0.2) is 56.8 Å². The second-order valence-electron chi connectivity index (χ2n) is 7.17. The fourth-order valence-electron chi connectivity index (χ4n) is 2.11. The first kappa shape index (κ1) is 16.9. The van der Waals surface area contributed by atoms with Gasteiger partial charge in [0.1, 0.15) is 0 Å². The van der Waals surface area contributed by atoms with E-state index in [0.29, 0.717) is 0 Å². The van der Waals surface area contributed by atoms with Gasteiger partial charge in [-0.3, -0.25) is 0 Å². The topological polar surface area (TPSA) is 19.7 Å². The number of nitrogens with zero attached hydrogens (tertiary/aromatic N) is 4. The zero-order valence-electron chi connectivity index (χ0n) is 13.5. The molecule has 0 aliphatic rings. The summed E-state index contributed by atoms with van der Waals surface area (Å²) in [5, 5.41) is 0. The van der Waals surface area contributed by atoms with Crippen LogP contribution in [0.5, 0.6) is 0 Å². The molecule has 113 valence electrons. The quantitative estimate of drug-likeness (QED) is 0.667. The summed E-state index contributed by atoms with van der Waals surface area (Å²) in [4.78, 5) is 0. The Bertz CT molecular complexity index is 685. The van der Waals surface area contributed by atoms with Crippen LogP contribution in [0.2, 0.25) is 0 Å². The molecule has 2 rings (SSSR count). The molecule has 0 aromatic carbocycles. The van der Waals surface area contributed by atoms with Gasteiger partial charge in [0, 0.05) is 0 Å². The third-order valence-electron chi connectivity index (χ3n) is 3.30. The fraction of sp³-hybridized carbons (Fsp3) is 0.571. The van der Waals surface area contributed by atoms with Crippen molar-refractivity contribution in [2.45, 2.75) is 52.6 Å².